The Bertz CT molecular complexity index is 365. The molecule has 1 rings (SSSR count). The SMILES string of the molecule is Cn1cc(CNCC(=O)NCC#N)cn1. The molecule has 1 aromatic heterocycles. The van der Waals surface area contributed by atoms with Gasteiger partial charge in [-0.25, -0.2) is 0 Å². The van der Waals surface area contributed by atoms with Gasteiger partial charge in [0, 0.05) is 25.4 Å². The standard InChI is InChI=1S/C9H13N5O/c1-14-7-8(5-13-14)4-11-6-9(15)12-3-2-10/h5,7,11H,3-4,6H2,1H3,(H,12,15). The zero-order chi connectivity index (χ0) is 11.1. The molecule has 6 heteroatoms. The van der Waals surface area contributed by atoms with Gasteiger partial charge in [-0.15, -0.1) is 0 Å². The van der Waals surface area contributed by atoms with Gasteiger partial charge in [-0.3, -0.25) is 9.48 Å². The van der Waals surface area contributed by atoms with Crippen LogP contribution in [0.2, 0.25) is 0 Å². The van der Waals surface area contributed by atoms with E-state index in [0.29, 0.717) is 6.54 Å². The number of nitriles is 1. The average Bonchev–Trinajstić information content (AvgIpc) is 2.61. The highest BCUT2D eigenvalue weighted by molar-refractivity contribution is 5.78. The van der Waals surface area contributed by atoms with Crippen molar-refractivity contribution in [1.82, 2.24) is 20.4 Å². The molecule has 1 amide bonds. The summed E-state index contributed by atoms with van der Waals surface area (Å²) in [6, 6.07) is 1.84. The Hall–Kier alpha value is -1.87. The number of aryl methyl sites for hydroxylation is 1. The zero-order valence-corrected chi connectivity index (χ0v) is 8.53. The van der Waals surface area contributed by atoms with E-state index in [0.717, 1.165) is 5.56 Å². The van der Waals surface area contributed by atoms with Crippen LogP contribution in [0.25, 0.3) is 0 Å². The lowest BCUT2D eigenvalue weighted by atomic mass is 10.3. The third-order valence-electron chi connectivity index (χ3n) is 1.74. The summed E-state index contributed by atoms with van der Waals surface area (Å²) in [6.07, 6.45) is 3.61. The summed E-state index contributed by atoms with van der Waals surface area (Å²) in [6.45, 7) is 0.845. The van der Waals surface area contributed by atoms with Crippen LogP contribution in [0.1, 0.15) is 5.56 Å². The van der Waals surface area contributed by atoms with E-state index in [2.05, 4.69) is 15.7 Å². The molecule has 0 aromatic carbocycles. The molecule has 2 N–H and O–H groups in total. The van der Waals surface area contributed by atoms with Gasteiger partial charge in [0.1, 0.15) is 6.54 Å². The molecule has 0 aliphatic rings. The van der Waals surface area contributed by atoms with Gasteiger partial charge in [-0.05, 0) is 0 Å². The van der Waals surface area contributed by atoms with Gasteiger partial charge in [-0.2, -0.15) is 10.4 Å². The molecule has 0 atom stereocenters. The lowest BCUT2D eigenvalue weighted by Crippen LogP contribution is -2.33. The topological polar surface area (TPSA) is 82.7 Å². The maximum Gasteiger partial charge on any atom is 0.234 e. The van der Waals surface area contributed by atoms with Crippen molar-refractivity contribution in [3.63, 3.8) is 0 Å². The second-order valence-electron chi connectivity index (χ2n) is 3.06. The second-order valence-corrected chi connectivity index (χ2v) is 3.06. The summed E-state index contributed by atoms with van der Waals surface area (Å²) in [4.78, 5) is 11.1. The van der Waals surface area contributed by atoms with Crippen molar-refractivity contribution >= 4 is 5.91 Å². The van der Waals surface area contributed by atoms with Crippen LogP contribution in [0.15, 0.2) is 12.4 Å². The molecule has 0 radical (unpaired) electrons. The van der Waals surface area contributed by atoms with Crippen molar-refractivity contribution in [2.45, 2.75) is 6.54 Å². The molecule has 6 nitrogen and oxygen atoms in total. The predicted octanol–water partition coefficient (Wildman–Crippen LogP) is -0.851. The van der Waals surface area contributed by atoms with Crippen LogP contribution in [0.5, 0.6) is 0 Å². The van der Waals surface area contributed by atoms with E-state index in [1.807, 2.05) is 19.3 Å². The Labute approximate surface area is 87.9 Å². The third-order valence-corrected chi connectivity index (χ3v) is 1.74. The number of nitrogens with zero attached hydrogens (tertiary/aromatic N) is 3. The summed E-state index contributed by atoms with van der Waals surface area (Å²) in [7, 11) is 1.84. The highest BCUT2D eigenvalue weighted by atomic mass is 16.1. The minimum atomic E-state index is -0.180. The van der Waals surface area contributed by atoms with Crippen LogP contribution in [-0.2, 0) is 18.4 Å². The number of amides is 1. The maximum atomic E-state index is 11.1. The highest BCUT2D eigenvalue weighted by Gasteiger charge is 2.00. The van der Waals surface area contributed by atoms with Gasteiger partial charge in [0.15, 0.2) is 0 Å². The Morgan fingerprint density at radius 2 is 2.53 bits per heavy atom. The first-order valence-corrected chi connectivity index (χ1v) is 4.54. The van der Waals surface area contributed by atoms with Gasteiger partial charge in [0.2, 0.25) is 5.91 Å². The van der Waals surface area contributed by atoms with Crippen molar-refractivity contribution in [1.29, 1.82) is 5.26 Å². The molecule has 0 fully saturated rings. The van der Waals surface area contributed by atoms with E-state index < -0.39 is 0 Å². The first kappa shape index (κ1) is 11.2. The molecule has 0 saturated carbocycles. The van der Waals surface area contributed by atoms with Crippen LogP contribution in [-0.4, -0.2) is 28.8 Å². The van der Waals surface area contributed by atoms with E-state index in [1.54, 1.807) is 10.9 Å². The van der Waals surface area contributed by atoms with Gasteiger partial charge in [-0.1, -0.05) is 0 Å². The third kappa shape index (κ3) is 4.24. The van der Waals surface area contributed by atoms with Crippen molar-refractivity contribution < 1.29 is 4.79 Å². The Balaban J connectivity index is 2.16. The first-order chi connectivity index (χ1) is 7.22. The second kappa shape index (κ2) is 5.78. The Morgan fingerprint density at radius 1 is 1.73 bits per heavy atom. The van der Waals surface area contributed by atoms with Crippen molar-refractivity contribution in [2.75, 3.05) is 13.1 Å². The smallest absolute Gasteiger partial charge is 0.234 e. The molecule has 0 bridgehead atoms. The summed E-state index contributed by atoms with van der Waals surface area (Å²) in [5.74, 6) is -0.180. The molecule has 1 heterocycles. The van der Waals surface area contributed by atoms with E-state index in [1.165, 1.54) is 0 Å². The molecule has 1 aromatic rings. The zero-order valence-electron chi connectivity index (χ0n) is 8.53. The molecule has 0 unspecified atom stereocenters. The van der Waals surface area contributed by atoms with E-state index in [4.69, 9.17) is 5.26 Å². The molecular formula is C9H13N5O. The fourth-order valence-electron chi connectivity index (χ4n) is 1.08. The van der Waals surface area contributed by atoms with Crippen molar-refractivity contribution in [3.05, 3.63) is 18.0 Å². The number of carbonyl (C=O) groups excluding carboxylic acids is 1. The summed E-state index contributed by atoms with van der Waals surface area (Å²) < 4.78 is 1.70. The number of hydrogen-bond donors (Lipinski definition) is 2. The van der Waals surface area contributed by atoms with Crippen LogP contribution in [0.3, 0.4) is 0 Å². The van der Waals surface area contributed by atoms with E-state index in [-0.39, 0.29) is 19.0 Å². The average molecular weight is 207 g/mol. The number of nitrogens with one attached hydrogen (secondary N) is 2. The van der Waals surface area contributed by atoms with E-state index in [9.17, 15) is 4.79 Å². The fourth-order valence-corrected chi connectivity index (χ4v) is 1.08. The molecule has 0 aliphatic carbocycles. The van der Waals surface area contributed by atoms with Crippen LogP contribution < -0.4 is 10.6 Å². The lowest BCUT2D eigenvalue weighted by Gasteiger charge is -2.01. The van der Waals surface area contributed by atoms with E-state index >= 15 is 0 Å². The summed E-state index contributed by atoms with van der Waals surface area (Å²) >= 11 is 0. The Morgan fingerprint density at radius 3 is 3.13 bits per heavy atom. The minimum Gasteiger partial charge on any atom is -0.342 e. The highest BCUT2D eigenvalue weighted by Crippen LogP contribution is 1.93. The summed E-state index contributed by atoms with van der Waals surface area (Å²) in [5.41, 5.74) is 1.02. The fraction of sp³-hybridized carbons (Fsp3) is 0.444. The van der Waals surface area contributed by atoms with Crippen LogP contribution >= 0.6 is 0 Å². The van der Waals surface area contributed by atoms with Crippen molar-refractivity contribution in [3.8, 4) is 6.07 Å². The van der Waals surface area contributed by atoms with Gasteiger partial charge in [0.05, 0.1) is 18.8 Å². The largest absolute Gasteiger partial charge is 0.342 e. The molecule has 0 spiro atoms. The quantitative estimate of drug-likeness (QED) is 0.616. The number of hydrogen-bond acceptors (Lipinski definition) is 4. The molecule has 0 saturated heterocycles. The number of carbonyl (C=O) groups is 1. The van der Waals surface area contributed by atoms with Gasteiger partial charge in [0.25, 0.3) is 0 Å². The monoisotopic (exact) mass is 207 g/mol. The van der Waals surface area contributed by atoms with Crippen LogP contribution in [0.4, 0.5) is 0 Å². The van der Waals surface area contributed by atoms with Crippen molar-refractivity contribution in [2.24, 2.45) is 7.05 Å². The first-order valence-electron chi connectivity index (χ1n) is 4.54. The number of aromatic nitrogens is 2. The predicted molar refractivity (Wildman–Crippen MR) is 53.5 cm³/mol. The molecular weight excluding hydrogens is 194 g/mol. The maximum absolute atomic E-state index is 11.1. The Kier molecular flexibility index (Phi) is 4.31. The van der Waals surface area contributed by atoms with Gasteiger partial charge < -0.3 is 10.6 Å². The molecule has 80 valence electrons. The number of rotatable bonds is 5. The van der Waals surface area contributed by atoms with Gasteiger partial charge >= 0.3 is 0 Å². The lowest BCUT2D eigenvalue weighted by molar-refractivity contribution is -0.120. The minimum absolute atomic E-state index is 0.0490. The molecule has 0 aliphatic heterocycles. The molecule has 15 heavy (non-hydrogen) atoms. The summed E-state index contributed by atoms with van der Waals surface area (Å²) in [5, 5.41) is 17.6. The normalized spacial score (nSPS) is 9.60. The van der Waals surface area contributed by atoms with Crippen LogP contribution in [0, 0.1) is 11.3 Å².